The SMILES string of the molecule is COC(=O)c1ccc(N2CCSC(C)CC2)nc1OC. The van der Waals surface area contributed by atoms with Crippen LogP contribution in [0.4, 0.5) is 5.82 Å². The number of aromatic nitrogens is 1. The van der Waals surface area contributed by atoms with Gasteiger partial charge in [-0.1, -0.05) is 6.92 Å². The molecule has 5 nitrogen and oxygen atoms in total. The van der Waals surface area contributed by atoms with Gasteiger partial charge in [0, 0.05) is 24.1 Å². The minimum absolute atomic E-state index is 0.319. The van der Waals surface area contributed by atoms with Crippen LogP contribution in [-0.4, -0.2) is 49.3 Å². The normalized spacial score (nSPS) is 19.4. The zero-order valence-electron chi connectivity index (χ0n) is 12.1. The lowest BCUT2D eigenvalue weighted by atomic mass is 10.2. The highest BCUT2D eigenvalue weighted by Crippen LogP contribution is 2.25. The summed E-state index contributed by atoms with van der Waals surface area (Å²) in [5.41, 5.74) is 0.358. The van der Waals surface area contributed by atoms with Crippen LogP contribution in [-0.2, 0) is 4.74 Å². The van der Waals surface area contributed by atoms with E-state index in [1.165, 1.54) is 14.2 Å². The van der Waals surface area contributed by atoms with Crippen molar-refractivity contribution in [2.45, 2.75) is 18.6 Å². The highest BCUT2D eigenvalue weighted by atomic mass is 32.2. The van der Waals surface area contributed by atoms with Gasteiger partial charge in [0.15, 0.2) is 0 Å². The standard InChI is InChI=1S/C14H20N2O3S/c1-10-6-7-16(8-9-20-10)12-5-4-11(14(17)19-3)13(15-12)18-2/h4-5,10H,6-9H2,1-3H3. The third-order valence-electron chi connectivity index (χ3n) is 3.34. The van der Waals surface area contributed by atoms with Crippen LogP contribution >= 0.6 is 11.8 Å². The number of nitrogens with zero attached hydrogens (tertiary/aromatic N) is 2. The number of pyridine rings is 1. The van der Waals surface area contributed by atoms with Gasteiger partial charge in [0.1, 0.15) is 11.4 Å². The average Bonchev–Trinajstić information content (AvgIpc) is 2.70. The quantitative estimate of drug-likeness (QED) is 0.797. The molecule has 1 fully saturated rings. The van der Waals surface area contributed by atoms with Crippen LogP contribution in [0.2, 0.25) is 0 Å². The van der Waals surface area contributed by atoms with Crippen LogP contribution in [0, 0.1) is 0 Å². The highest BCUT2D eigenvalue weighted by Gasteiger charge is 2.19. The molecule has 0 amide bonds. The summed E-state index contributed by atoms with van der Waals surface area (Å²) in [6, 6.07) is 3.57. The molecule has 0 bridgehead atoms. The Kier molecular flexibility index (Phi) is 5.11. The summed E-state index contributed by atoms with van der Waals surface area (Å²) < 4.78 is 9.93. The molecular formula is C14H20N2O3S. The third-order valence-corrected chi connectivity index (χ3v) is 4.56. The predicted octanol–water partition coefficient (Wildman–Crippen LogP) is 2.21. The molecule has 2 heterocycles. The highest BCUT2D eigenvalue weighted by molar-refractivity contribution is 7.99. The number of hydrogen-bond acceptors (Lipinski definition) is 6. The molecular weight excluding hydrogens is 276 g/mol. The van der Waals surface area contributed by atoms with E-state index in [9.17, 15) is 4.79 Å². The third kappa shape index (κ3) is 3.36. The number of esters is 1. The molecule has 1 saturated heterocycles. The molecule has 0 spiro atoms. The number of anilines is 1. The van der Waals surface area contributed by atoms with Gasteiger partial charge in [-0.3, -0.25) is 0 Å². The van der Waals surface area contributed by atoms with Crippen molar-refractivity contribution < 1.29 is 14.3 Å². The van der Waals surface area contributed by atoms with Gasteiger partial charge in [0.25, 0.3) is 0 Å². The number of rotatable bonds is 3. The van der Waals surface area contributed by atoms with Crippen LogP contribution in [0.15, 0.2) is 12.1 Å². The molecule has 0 aliphatic carbocycles. The van der Waals surface area contributed by atoms with Gasteiger partial charge in [0.05, 0.1) is 14.2 Å². The molecule has 110 valence electrons. The van der Waals surface area contributed by atoms with Gasteiger partial charge in [-0.15, -0.1) is 0 Å². The van der Waals surface area contributed by atoms with Crippen molar-refractivity contribution in [1.82, 2.24) is 4.98 Å². The Morgan fingerprint density at radius 3 is 2.90 bits per heavy atom. The topological polar surface area (TPSA) is 51.7 Å². The number of methoxy groups -OCH3 is 2. The summed E-state index contributed by atoms with van der Waals surface area (Å²) in [6.45, 7) is 4.19. The molecule has 6 heteroatoms. The van der Waals surface area contributed by atoms with Crippen molar-refractivity contribution in [1.29, 1.82) is 0 Å². The average molecular weight is 296 g/mol. The van der Waals surface area contributed by atoms with Gasteiger partial charge in [-0.05, 0) is 18.6 Å². The van der Waals surface area contributed by atoms with E-state index in [-0.39, 0.29) is 0 Å². The summed E-state index contributed by atoms with van der Waals surface area (Å²) in [7, 11) is 2.86. The maximum atomic E-state index is 11.6. The Balaban J connectivity index is 2.22. The number of carbonyl (C=O) groups excluding carboxylic acids is 1. The van der Waals surface area contributed by atoms with Crippen LogP contribution in [0.5, 0.6) is 5.88 Å². The van der Waals surface area contributed by atoms with E-state index in [0.29, 0.717) is 16.7 Å². The van der Waals surface area contributed by atoms with Crippen LogP contribution < -0.4 is 9.64 Å². The lowest BCUT2D eigenvalue weighted by Crippen LogP contribution is -2.27. The maximum Gasteiger partial charge on any atom is 0.343 e. The summed E-state index contributed by atoms with van der Waals surface area (Å²) in [5.74, 6) is 1.83. The molecule has 1 aliphatic rings. The summed E-state index contributed by atoms with van der Waals surface area (Å²) >= 11 is 1.98. The Bertz CT molecular complexity index is 481. The molecule has 2 rings (SSSR count). The first-order valence-electron chi connectivity index (χ1n) is 6.65. The minimum atomic E-state index is -0.430. The largest absolute Gasteiger partial charge is 0.480 e. The number of thioether (sulfide) groups is 1. The second kappa shape index (κ2) is 6.83. The van der Waals surface area contributed by atoms with Crippen molar-refractivity contribution in [3.63, 3.8) is 0 Å². The molecule has 1 atom stereocenters. The minimum Gasteiger partial charge on any atom is -0.480 e. The molecule has 1 unspecified atom stereocenters. The second-order valence-electron chi connectivity index (χ2n) is 4.68. The number of ether oxygens (including phenoxy) is 2. The maximum absolute atomic E-state index is 11.6. The molecule has 20 heavy (non-hydrogen) atoms. The van der Waals surface area contributed by atoms with E-state index in [4.69, 9.17) is 9.47 Å². The number of carbonyl (C=O) groups is 1. The van der Waals surface area contributed by atoms with E-state index >= 15 is 0 Å². The molecule has 0 aromatic carbocycles. The summed E-state index contributed by atoms with van der Waals surface area (Å²) in [6.07, 6.45) is 1.13. The first kappa shape index (κ1) is 15.0. The van der Waals surface area contributed by atoms with E-state index in [1.807, 2.05) is 17.8 Å². The van der Waals surface area contributed by atoms with Crippen molar-refractivity contribution in [3.05, 3.63) is 17.7 Å². The van der Waals surface area contributed by atoms with Crippen LogP contribution in [0.3, 0.4) is 0 Å². The van der Waals surface area contributed by atoms with Crippen molar-refractivity contribution in [2.75, 3.05) is 38.0 Å². The summed E-state index contributed by atoms with van der Waals surface area (Å²) in [4.78, 5) is 18.3. The van der Waals surface area contributed by atoms with Crippen LogP contribution in [0.25, 0.3) is 0 Å². The zero-order valence-corrected chi connectivity index (χ0v) is 12.9. The fourth-order valence-electron chi connectivity index (χ4n) is 2.15. The van der Waals surface area contributed by atoms with Gasteiger partial charge < -0.3 is 14.4 Å². The molecule has 0 saturated carbocycles. The lowest BCUT2D eigenvalue weighted by Gasteiger charge is -2.22. The molecule has 1 aliphatic heterocycles. The number of hydrogen-bond donors (Lipinski definition) is 0. The van der Waals surface area contributed by atoms with Crippen molar-refractivity contribution >= 4 is 23.5 Å². The molecule has 1 aromatic rings. The summed E-state index contributed by atoms with van der Waals surface area (Å²) in [5, 5.41) is 0.677. The fraction of sp³-hybridized carbons (Fsp3) is 0.571. The van der Waals surface area contributed by atoms with Gasteiger partial charge >= 0.3 is 5.97 Å². The fourth-order valence-corrected chi connectivity index (χ4v) is 3.15. The monoisotopic (exact) mass is 296 g/mol. The van der Waals surface area contributed by atoms with Gasteiger partial charge in [-0.2, -0.15) is 16.7 Å². The van der Waals surface area contributed by atoms with E-state index in [1.54, 1.807) is 6.07 Å². The molecule has 0 radical (unpaired) electrons. The predicted molar refractivity (Wildman–Crippen MR) is 80.9 cm³/mol. The Hall–Kier alpha value is -1.43. The van der Waals surface area contributed by atoms with Gasteiger partial charge in [0.2, 0.25) is 5.88 Å². The Morgan fingerprint density at radius 1 is 1.40 bits per heavy atom. The second-order valence-corrected chi connectivity index (χ2v) is 6.22. The lowest BCUT2D eigenvalue weighted by molar-refractivity contribution is 0.0596. The van der Waals surface area contributed by atoms with Crippen LogP contribution in [0.1, 0.15) is 23.7 Å². The van der Waals surface area contributed by atoms with E-state index in [2.05, 4.69) is 16.8 Å². The van der Waals surface area contributed by atoms with Gasteiger partial charge in [-0.25, -0.2) is 4.79 Å². The first-order valence-corrected chi connectivity index (χ1v) is 7.70. The molecule has 0 N–H and O–H groups in total. The van der Waals surface area contributed by atoms with E-state index < -0.39 is 5.97 Å². The van der Waals surface area contributed by atoms with Crippen molar-refractivity contribution in [2.24, 2.45) is 0 Å². The smallest absolute Gasteiger partial charge is 0.343 e. The zero-order chi connectivity index (χ0) is 14.5. The first-order chi connectivity index (χ1) is 9.65. The van der Waals surface area contributed by atoms with E-state index in [0.717, 1.165) is 31.1 Å². The Labute approximate surface area is 123 Å². The molecule has 1 aromatic heterocycles. The van der Waals surface area contributed by atoms with Crippen molar-refractivity contribution in [3.8, 4) is 5.88 Å². The Morgan fingerprint density at radius 2 is 2.20 bits per heavy atom.